The van der Waals surface area contributed by atoms with Crippen molar-refractivity contribution < 1.29 is 32.2 Å². The molecule has 1 fully saturated rings. The molecule has 2 heterocycles. The first-order chi connectivity index (χ1) is 19.1. The van der Waals surface area contributed by atoms with Gasteiger partial charge >= 0.3 is 0 Å². The maximum Gasteiger partial charge on any atom is 0.290 e. The summed E-state index contributed by atoms with van der Waals surface area (Å²) in [6.07, 6.45) is 0. The van der Waals surface area contributed by atoms with Crippen LogP contribution in [0.25, 0.3) is 27.7 Å². The number of thioether (sulfide) groups is 1. The van der Waals surface area contributed by atoms with Gasteiger partial charge < -0.3 is 14.0 Å². The molecule has 1 aromatic heterocycles. The fourth-order valence-corrected chi connectivity index (χ4v) is 5.12. The number of rotatable bonds is 7. The van der Waals surface area contributed by atoms with Gasteiger partial charge in [0.2, 0.25) is 5.43 Å². The molecule has 3 aromatic carbocycles. The normalized spacial score (nSPS) is 14.4. The van der Waals surface area contributed by atoms with Crippen LogP contribution in [0.4, 0.5) is 18.0 Å². The Bertz CT molecular complexity index is 1770. The molecule has 0 aliphatic carbocycles. The zero-order valence-electron chi connectivity index (χ0n) is 21.2. The zero-order valence-corrected chi connectivity index (χ0v) is 22.0. The van der Waals surface area contributed by atoms with Crippen LogP contribution in [0.2, 0.25) is 0 Å². The molecule has 1 aliphatic rings. The second-order valence-electron chi connectivity index (χ2n) is 8.88. The molecule has 7 nitrogen and oxygen atoms in total. The zero-order chi connectivity index (χ0) is 28.6. The van der Waals surface area contributed by atoms with Gasteiger partial charge in [-0.2, -0.15) is 0 Å². The van der Waals surface area contributed by atoms with E-state index in [2.05, 4.69) is 5.32 Å². The molecule has 1 N–H and O–H groups in total. The lowest BCUT2D eigenvalue weighted by Crippen LogP contribution is -2.19. The fourth-order valence-electron chi connectivity index (χ4n) is 4.38. The van der Waals surface area contributed by atoms with E-state index in [0.717, 1.165) is 35.5 Å². The average molecular weight is 567 g/mol. The molecule has 0 saturated carbocycles. The van der Waals surface area contributed by atoms with E-state index >= 15 is 0 Å². The Hall–Kier alpha value is -4.51. The van der Waals surface area contributed by atoms with E-state index in [9.17, 15) is 27.6 Å². The van der Waals surface area contributed by atoms with Crippen LogP contribution in [0, 0.1) is 17.5 Å². The van der Waals surface area contributed by atoms with Gasteiger partial charge in [-0.25, -0.2) is 13.2 Å². The van der Waals surface area contributed by atoms with Crippen molar-refractivity contribution in [3.05, 3.63) is 98.8 Å². The number of fused-ring (bicyclic) bond motifs is 1. The first kappa shape index (κ1) is 27.1. The number of nitrogens with one attached hydrogen (secondary N) is 1. The van der Waals surface area contributed by atoms with Crippen molar-refractivity contribution >= 4 is 39.4 Å². The lowest BCUT2D eigenvalue weighted by atomic mass is 10.1. The summed E-state index contributed by atoms with van der Waals surface area (Å²) in [6.45, 7) is 1.71. The third-order valence-electron chi connectivity index (χ3n) is 6.36. The van der Waals surface area contributed by atoms with Gasteiger partial charge in [-0.05, 0) is 78.4 Å². The molecular formula is C29H21F3N2O5S. The van der Waals surface area contributed by atoms with Crippen molar-refractivity contribution in [3.8, 4) is 22.8 Å². The largest absolute Gasteiger partial charge is 0.490 e. The smallest absolute Gasteiger partial charge is 0.290 e. The van der Waals surface area contributed by atoms with E-state index in [1.807, 2.05) is 0 Å². The van der Waals surface area contributed by atoms with E-state index in [0.29, 0.717) is 16.2 Å². The lowest BCUT2D eigenvalue weighted by Gasteiger charge is -2.18. The van der Waals surface area contributed by atoms with Crippen LogP contribution in [0.3, 0.4) is 0 Å². The third kappa shape index (κ3) is 5.20. The van der Waals surface area contributed by atoms with E-state index in [4.69, 9.17) is 9.47 Å². The number of hydrogen-bond acceptors (Lipinski definition) is 6. The highest BCUT2D eigenvalue weighted by Crippen LogP contribution is 2.33. The number of amides is 2. The summed E-state index contributed by atoms with van der Waals surface area (Å²) >= 11 is 0.847. The third-order valence-corrected chi connectivity index (χ3v) is 7.34. The molecular weight excluding hydrogens is 545 g/mol. The van der Waals surface area contributed by atoms with Gasteiger partial charge in [0.1, 0.15) is 24.8 Å². The minimum Gasteiger partial charge on any atom is -0.490 e. The Balaban J connectivity index is 1.37. The highest BCUT2D eigenvalue weighted by atomic mass is 32.2. The maximum atomic E-state index is 14.1. The minimum absolute atomic E-state index is 0.0357. The van der Waals surface area contributed by atoms with E-state index in [1.165, 1.54) is 22.8 Å². The Morgan fingerprint density at radius 1 is 0.900 bits per heavy atom. The molecule has 0 spiro atoms. The van der Waals surface area contributed by atoms with Crippen LogP contribution in [0.5, 0.6) is 11.5 Å². The van der Waals surface area contributed by atoms with Crippen molar-refractivity contribution in [2.75, 3.05) is 13.2 Å². The predicted molar refractivity (Wildman–Crippen MR) is 146 cm³/mol. The molecule has 1 saturated heterocycles. The van der Waals surface area contributed by atoms with Gasteiger partial charge in [0.05, 0.1) is 16.1 Å². The molecule has 4 aromatic rings. The van der Waals surface area contributed by atoms with Crippen molar-refractivity contribution in [2.24, 2.45) is 7.05 Å². The number of imide groups is 1. The van der Waals surface area contributed by atoms with E-state index in [-0.39, 0.29) is 41.1 Å². The van der Waals surface area contributed by atoms with Crippen molar-refractivity contribution in [2.45, 2.75) is 6.92 Å². The molecule has 0 radical (unpaired) electrons. The quantitative estimate of drug-likeness (QED) is 0.225. The summed E-state index contributed by atoms with van der Waals surface area (Å²) in [5.41, 5.74) is 1.45. The molecule has 0 atom stereocenters. The number of aromatic nitrogens is 1. The highest BCUT2D eigenvalue weighted by molar-refractivity contribution is 8.18. The predicted octanol–water partition coefficient (Wildman–Crippen LogP) is 5.79. The van der Waals surface area contributed by atoms with Crippen molar-refractivity contribution in [1.29, 1.82) is 0 Å². The fraction of sp³-hybridized carbons (Fsp3) is 0.138. The number of benzene rings is 3. The van der Waals surface area contributed by atoms with Gasteiger partial charge in [-0.15, -0.1) is 0 Å². The SMILES string of the molecule is C/C(=C1\SC(=O)NC1=O)c1ccc(OCCOc2c(-c3ccc(F)c(F)c3)n(C)c3cc(F)ccc3c2=O)cc1. The Morgan fingerprint density at radius 2 is 1.62 bits per heavy atom. The number of carbonyl (C=O) groups excluding carboxylic acids is 2. The number of allylic oxidation sites excluding steroid dienone is 1. The van der Waals surface area contributed by atoms with Gasteiger partial charge in [-0.3, -0.25) is 19.7 Å². The summed E-state index contributed by atoms with van der Waals surface area (Å²) in [5, 5.41) is 2.01. The molecule has 40 heavy (non-hydrogen) atoms. The Labute approximate surface area is 230 Å². The van der Waals surface area contributed by atoms with Gasteiger partial charge in [0.25, 0.3) is 11.1 Å². The summed E-state index contributed by atoms with van der Waals surface area (Å²) < 4.78 is 54.7. The molecule has 0 unspecified atom stereocenters. The summed E-state index contributed by atoms with van der Waals surface area (Å²) in [6, 6.07) is 13.7. The first-order valence-electron chi connectivity index (χ1n) is 12.0. The Morgan fingerprint density at radius 3 is 2.30 bits per heavy atom. The molecule has 0 bridgehead atoms. The second kappa shape index (κ2) is 10.9. The molecule has 5 rings (SSSR count). The lowest BCUT2D eigenvalue weighted by molar-refractivity contribution is -0.115. The average Bonchev–Trinajstić information content (AvgIpc) is 3.28. The first-order valence-corrected chi connectivity index (χ1v) is 12.8. The van der Waals surface area contributed by atoms with E-state index < -0.39 is 34.0 Å². The number of ether oxygens (including phenoxy) is 2. The molecule has 1 aliphatic heterocycles. The Kier molecular flexibility index (Phi) is 7.40. The standard InChI is InChI=1S/C29H21F3N2O5S/c1-15(27-28(36)33-29(37)40-27)16-3-7-19(8-4-16)38-11-12-39-26-24(17-5-10-21(31)22(32)13-17)34(2)23-14-18(30)6-9-20(23)25(26)35/h3-10,13-14H,11-12H2,1-2H3,(H,33,36,37)/b27-15+. The number of carbonyl (C=O) groups is 2. The molecule has 11 heteroatoms. The van der Waals surface area contributed by atoms with Crippen LogP contribution in [0.1, 0.15) is 12.5 Å². The van der Waals surface area contributed by atoms with Crippen LogP contribution >= 0.6 is 11.8 Å². The second-order valence-corrected chi connectivity index (χ2v) is 9.86. The van der Waals surface area contributed by atoms with Gasteiger partial charge in [0.15, 0.2) is 17.4 Å². The number of nitrogens with zero attached hydrogens (tertiary/aromatic N) is 1. The number of aryl methyl sites for hydroxylation is 1. The summed E-state index contributed by atoms with van der Waals surface area (Å²) in [5.74, 6) is -2.77. The molecule has 2 amide bonds. The number of halogens is 3. The van der Waals surface area contributed by atoms with Crippen LogP contribution in [-0.2, 0) is 11.8 Å². The van der Waals surface area contributed by atoms with Crippen LogP contribution < -0.4 is 20.2 Å². The summed E-state index contributed by atoms with van der Waals surface area (Å²) in [4.78, 5) is 37.0. The van der Waals surface area contributed by atoms with Crippen molar-refractivity contribution in [3.63, 3.8) is 0 Å². The number of hydrogen-bond donors (Lipinski definition) is 1. The van der Waals surface area contributed by atoms with Gasteiger partial charge in [0, 0.05) is 18.0 Å². The molecule has 204 valence electrons. The summed E-state index contributed by atoms with van der Waals surface area (Å²) in [7, 11) is 1.57. The maximum absolute atomic E-state index is 14.1. The van der Waals surface area contributed by atoms with Crippen LogP contribution in [0.15, 0.2) is 70.4 Å². The minimum atomic E-state index is -1.10. The van der Waals surface area contributed by atoms with Crippen molar-refractivity contribution in [1.82, 2.24) is 9.88 Å². The number of pyridine rings is 1. The van der Waals surface area contributed by atoms with Gasteiger partial charge in [-0.1, -0.05) is 12.1 Å². The topological polar surface area (TPSA) is 86.6 Å². The van der Waals surface area contributed by atoms with Crippen LogP contribution in [-0.4, -0.2) is 28.9 Å². The highest BCUT2D eigenvalue weighted by Gasteiger charge is 2.27. The van der Waals surface area contributed by atoms with E-state index in [1.54, 1.807) is 38.2 Å². The monoisotopic (exact) mass is 566 g/mol.